The maximum absolute atomic E-state index is 13.4. The summed E-state index contributed by atoms with van der Waals surface area (Å²) in [5.74, 6) is 0.162. The maximum Gasteiger partial charge on any atom is 0.313 e. The molecule has 1 aliphatic heterocycles. The first-order valence-corrected chi connectivity index (χ1v) is 8.08. The maximum atomic E-state index is 13.4. The van der Waals surface area contributed by atoms with Crippen LogP contribution in [0.5, 0.6) is 17.2 Å². The third-order valence-corrected chi connectivity index (χ3v) is 3.84. The van der Waals surface area contributed by atoms with Crippen LogP contribution in [0, 0.1) is 5.82 Å². The molecule has 2 aromatic carbocycles. The third kappa shape index (κ3) is 4.21. The minimum absolute atomic E-state index is 0.0437. The van der Waals surface area contributed by atoms with Gasteiger partial charge >= 0.3 is 5.97 Å². The molecule has 0 aromatic heterocycles. The zero-order chi connectivity index (χ0) is 17.6. The van der Waals surface area contributed by atoms with Crippen LogP contribution in [0.25, 0.3) is 0 Å². The van der Waals surface area contributed by atoms with Gasteiger partial charge in [0, 0.05) is 0 Å². The molecule has 5 nitrogen and oxygen atoms in total. The van der Waals surface area contributed by atoms with Gasteiger partial charge in [0.2, 0.25) is 0 Å². The van der Waals surface area contributed by atoms with Crippen molar-refractivity contribution in [2.45, 2.75) is 12.8 Å². The lowest BCUT2D eigenvalue weighted by Crippen LogP contribution is -2.18. The van der Waals surface area contributed by atoms with Gasteiger partial charge in [-0.2, -0.15) is 0 Å². The van der Waals surface area contributed by atoms with Crippen molar-refractivity contribution in [3.05, 3.63) is 53.8 Å². The third-order valence-electron chi connectivity index (χ3n) is 3.84. The molecular weight excluding hydrogens is 327 g/mol. The van der Waals surface area contributed by atoms with Gasteiger partial charge in [0.15, 0.2) is 23.1 Å². The summed E-state index contributed by atoms with van der Waals surface area (Å²) in [5, 5.41) is 0. The van der Waals surface area contributed by atoms with Gasteiger partial charge in [-0.05, 0) is 36.8 Å². The summed E-state index contributed by atoms with van der Waals surface area (Å²) in [4.78, 5) is 12.2. The number of para-hydroxylation sites is 1. The van der Waals surface area contributed by atoms with Crippen molar-refractivity contribution in [2.75, 3.05) is 26.4 Å². The summed E-state index contributed by atoms with van der Waals surface area (Å²) in [6.45, 7) is 2.89. The lowest BCUT2D eigenvalue weighted by Gasteiger charge is -2.20. The highest BCUT2D eigenvalue weighted by Crippen LogP contribution is 2.33. The monoisotopic (exact) mass is 346 g/mol. The van der Waals surface area contributed by atoms with Crippen LogP contribution in [-0.4, -0.2) is 32.4 Å². The van der Waals surface area contributed by atoms with Crippen molar-refractivity contribution in [1.82, 2.24) is 0 Å². The summed E-state index contributed by atoms with van der Waals surface area (Å²) in [6.07, 6.45) is 0. The molecule has 1 atom stereocenters. The number of hydrogen-bond donors (Lipinski definition) is 0. The average Bonchev–Trinajstić information content (AvgIpc) is 2.65. The summed E-state index contributed by atoms with van der Waals surface area (Å²) < 4.78 is 34.9. The highest BCUT2D eigenvalue weighted by molar-refractivity contribution is 5.78. The van der Waals surface area contributed by atoms with Crippen LogP contribution in [0.1, 0.15) is 18.4 Å². The molecule has 2 aromatic rings. The number of rotatable bonds is 6. The van der Waals surface area contributed by atoms with E-state index < -0.39 is 11.7 Å². The van der Waals surface area contributed by atoms with E-state index in [-0.39, 0.29) is 24.9 Å². The van der Waals surface area contributed by atoms with Gasteiger partial charge in [-0.25, -0.2) is 4.39 Å². The van der Waals surface area contributed by atoms with Crippen molar-refractivity contribution in [2.24, 2.45) is 0 Å². The van der Waals surface area contributed by atoms with Gasteiger partial charge in [0.25, 0.3) is 0 Å². The number of esters is 1. The first kappa shape index (κ1) is 17.1. The fraction of sp³-hybridized carbons (Fsp3) is 0.316. The molecule has 1 aliphatic rings. The fourth-order valence-corrected chi connectivity index (χ4v) is 2.45. The lowest BCUT2D eigenvalue weighted by atomic mass is 10.0. The van der Waals surface area contributed by atoms with E-state index in [9.17, 15) is 9.18 Å². The average molecular weight is 346 g/mol. The first-order valence-electron chi connectivity index (χ1n) is 8.08. The largest absolute Gasteiger partial charge is 0.487 e. The van der Waals surface area contributed by atoms with Gasteiger partial charge < -0.3 is 18.9 Å². The Morgan fingerprint density at radius 2 is 1.88 bits per heavy atom. The topological polar surface area (TPSA) is 54.0 Å². The highest BCUT2D eigenvalue weighted by Gasteiger charge is 2.20. The molecule has 0 radical (unpaired) electrons. The van der Waals surface area contributed by atoms with Crippen LogP contribution in [-0.2, 0) is 9.53 Å². The van der Waals surface area contributed by atoms with E-state index in [0.717, 1.165) is 5.56 Å². The van der Waals surface area contributed by atoms with Crippen LogP contribution in [0.3, 0.4) is 0 Å². The molecule has 0 amide bonds. The Labute approximate surface area is 145 Å². The number of hydrogen-bond acceptors (Lipinski definition) is 5. The van der Waals surface area contributed by atoms with E-state index in [1.165, 1.54) is 12.1 Å². The van der Waals surface area contributed by atoms with Gasteiger partial charge in [-0.3, -0.25) is 4.79 Å². The molecule has 0 spiro atoms. The van der Waals surface area contributed by atoms with E-state index >= 15 is 0 Å². The molecule has 3 rings (SSSR count). The lowest BCUT2D eigenvalue weighted by molar-refractivity contribution is -0.145. The first-order chi connectivity index (χ1) is 12.1. The number of fused-ring (bicyclic) bond motifs is 1. The smallest absolute Gasteiger partial charge is 0.313 e. The van der Waals surface area contributed by atoms with Crippen LogP contribution < -0.4 is 14.2 Å². The molecular formula is C19H19FO5. The van der Waals surface area contributed by atoms with Crippen LogP contribution in [0.15, 0.2) is 42.5 Å². The second-order valence-electron chi connectivity index (χ2n) is 5.57. The number of carbonyl (C=O) groups excluding carboxylic acids is 1. The van der Waals surface area contributed by atoms with Gasteiger partial charge in [0.1, 0.15) is 26.4 Å². The standard InChI is InChI=1S/C19H19FO5/c1-13(14-6-7-17-18(12-14)24-9-8-23-17)19(21)25-11-10-22-16-5-3-2-4-15(16)20/h2-7,12-13H,8-11H2,1H3. The van der Waals surface area contributed by atoms with E-state index in [2.05, 4.69) is 0 Å². The Kier molecular flexibility index (Phi) is 5.38. The Hall–Kier alpha value is -2.76. The number of benzene rings is 2. The molecule has 25 heavy (non-hydrogen) atoms. The second kappa shape index (κ2) is 7.88. The SMILES string of the molecule is CC(C(=O)OCCOc1ccccc1F)c1ccc2c(c1)OCCO2. The number of ether oxygens (including phenoxy) is 4. The summed E-state index contributed by atoms with van der Waals surface area (Å²) in [5.41, 5.74) is 0.782. The highest BCUT2D eigenvalue weighted by atomic mass is 19.1. The summed E-state index contributed by atoms with van der Waals surface area (Å²) in [6, 6.07) is 11.5. The van der Waals surface area contributed by atoms with Crippen molar-refractivity contribution in [3.8, 4) is 17.2 Å². The summed E-state index contributed by atoms with van der Waals surface area (Å²) >= 11 is 0. The van der Waals surface area contributed by atoms with E-state index in [4.69, 9.17) is 18.9 Å². The molecule has 0 N–H and O–H groups in total. The molecule has 1 heterocycles. The zero-order valence-corrected chi connectivity index (χ0v) is 13.9. The Bertz CT molecular complexity index is 746. The minimum Gasteiger partial charge on any atom is -0.487 e. The zero-order valence-electron chi connectivity index (χ0n) is 13.9. The van der Waals surface area contributed by atoms with E-state index in [1.54, 1.807) is 31.2 Å². The van der Waals surface area contributed by atoms with Crippen LogP contribution in [0.2, 0.25) is 0 Å². The second-order valence-corrected chi connectivity index (χ2v) is 5.57. The minimum atomic E-state index is -0.454. The molecule has 0 fully saturated rings. The van der Waals surface area contributed by atoms with Crippen LogP contribution >= 0.6 is 0 Å². The molecule has 6 heteroatoms. The van der Waals surface area contributed by atoms with E-state index in [1.807, 2.05) is 6.07 Å². The normalized spacial score (nSPS) is 13.8. The quantitative estimate of drug-likeness (QED) is 0.593. The van der Waals surface area contributed by atoms with Crippen molar-refractivity contribution >= 4 is 5.97 Å². The molecule has 0 saturated carbocycles. The number of halogens is 1. The predicted octanol–water partition coefficient (Wildman–Crippen LogP) is 3.32. The predicted molar refractivity (Wildman–Crippen MR) is 88.7 cm³/mol. The molecule has 0 saturated heterocycles. The van der Waals surface area contributed by atoms with Gasteiger partial charge in [0.05, 0.1) is 5.92 Å². The van der Waals surface area contributed by atoms with Crippen molar-refractivity contribution < 1.29 is 28.1 Å². The Morgan fingerprint density at radius 3 is 2.68 bits per heavy atom. The molecule has 0 aliphatic carbocycles. The van der Waals surface area contributed by atoms with Gasteiger partial charge in [-0.1, -0.05) is 18.2 Å². The Balaban J connectivity index is 1.50. The van der Waals surface area contributed by atoms with Crippen molar-refractivity contribution in [1.29, 1.82) is 0 Å². The molecule has 1 unspecified atom stereocenters. The summed E-state index contributed by atoms with van der Waals surface area (Å²) in [7, 11) is 0. The number of carbonyl (C=O) groups is 1. The van der Waals surface area contributed by atoms with Crippen LogP contribution in [0.4, 0.5) is 4.39 Å². The fourth-order valence-electron chi connectivity index (χ4n) is 2.45. The van der Waals surface area contributed by atoms with E-state index in [0.29, 0.717) is 24.7 Å². The molecule has 0 bridgehead atoms. The Morgan fingerprint density at radius 1 is 1.12 bits per heavy atom. The van der Waals surface area contributed by atoms with Gasteiger partial charge in [-0.15, -0.1) is 0 Å². The molecule has 132 valence electrons. The van der Waals surface area contributed by atoms with Crippen molar-refractivity contribution in [3.63, 3.8) is 0 Å².